The van der Waals surface area contributed by atoms with E-state index in [0.717, 1.165) is 36.9 Å². The molecule has 1 fully saturated rings. The maximum Gasteiger partial charge on any atom is 0.251 e. The van der Waals surface area contributed by atoms with E-state index in [9.17, 15) is 9.90 Å². The lowest BCUT2D eigenvalue weighted by molar-refractivity contribution is 0.0948. The van der Waals surface area contributed by atoms with Crippen molar-refractivity contribution in [2.45, 2.75) is 50.5 Å². The molecule has 1 aliphatic heterocycles. The van der Waals surface area contributed by atoms with Gasteiger partial charge >= 0.3 is 0 Å². The number of phenols is 1. The summed E-state index contributed by atoms with van der Waals surface area (Å²) in [6.45, 7) is 2.98. The van der Waals surface area contributed by atoms with Gasteiger partial charge in [0.05, 0.1) is 0 Å². The number of amides is 1. The molecule has 34 heavy (non-hydrogen) atoms. The minimum Gasteiger partial charge on any atom is -0.508 e. The molecule has 1 heterocycles. The van der Waals surface area contributed by atoms with Crippen molar-refractivity contribution in [2.75, 3.05) is 19.6 Å². The molecule has 0 radical (unpaired) electrons. The van der Waals surface area contributed by atoms with E-state index in [0.29, 0.717) is 29.8 Å². The number of carbonyl (C=O) groups is 1. The second kappa shape index (κ2) is 10.4. The zero-order valence-corrected chi connectivity index (χ0v) is 19.7. The minimum atomic E-state index is 0.00443. The number of carbonyl (C=O) groups excluding carboxylic acids is 1. The maximum atomic E-state index is 12.5. The van der Waals surface area contributed by atoms with Crippen LogP contribution in [0.15, 0.2) is 72.8 Å². The summed E-state index contributed by atoms with van der Waals surface area (Å²) in [7, 11) is 0. The average molecular weight is 455 g/mol. The monoisotopic (exact) mass is 454 g/mol. The van der Waals surface area contributed by atoms with Gasteiger partial charge < -0.3 is 10.4 Å². The van der Waals surface area contributed by atoms with Gasteiger partial charge in [-0.05, 0) is 104 Å². The molecule has 2 unspecified atom stereocenters. The van der Waals surface area contributed by atoms with Gasteiger partial charge in [0.25, 0.3) is 5.91 Å². The van der Waals surface area contributed by atoms with Crippen LogP contribution in [0.1, 0.15) is 59.5 Å². The lowest BCUT2D eigenvalue weighted by Crippen LogP contribution is -2.46. The Labute approximate surface area is 202 Å². The molecule has 0 spiro atoms. The van der Waals surface area contributed by atoms with Gasteiger partial charge in [0, 0.05) is 18.2 Å². The Bertz CT molecular complexity index is 1110. The summed E-state index contributed by atoms with van der Waals surface area (Å²) in [5, 5.41) is 12.9. The molecular weight excluding hydrogens is 420 g/mol. The third-order valence-electron chi connectivity index (χ3n) is 7.54. The van der Waals surface area contributed by atoms with Crippen LogP contribution in [0.2, 0.25) is 0 Å². The first-order valence-corrected chi connectivity index (χ1v) is 12.7. The van der Waals surface area contributed by atoms with Gasteiger partial charge in [0.15, 0.2) is 0 Å². The minimum absolute atomic E-state index is 0.00443. The van der Waals surface area contributed by atoms with E-state index in [1.54, 1.807) is 0 Å². The molecular formula is C30H34N2O2. The fourth-order valence-corrected chi connectivity index (χ4v) is 5.81. The number of piperidine rings is 1. The number of hydrogen-bond acceptors (Lipinski definition) is 3. The van der Waals surface area contributed by atoms with Crippen molar-refractivity contribution < 1.29 is 9.90 Å². The third kappa shape index (κ3) is 5.02. The van der Waals surface area contributed by atoms with E-state index in [2.05, 4.69) is 28.4 Å². The molecule has 176 valence electrons. The number of phenolic OH excluding ortho intramolecular Hbond substituents is 1. The fraction of sp³-hybridized carbons (Fsp3) is 0.367. The first-order chi connectivity index (χ1) is 16.7. The second-order valence-electron chi connectivity index (χ2n) is 9.68. The topological polar surface area (TPSA) is 52.6 Å². The van der Waals surface area contributed by atoms with E-state index in [-0.39, 0.29) is 5.91 Å². The van der Waals surface area contributed by atoms with Gasteiger partial charge in [0.1, 0.15) is 5.75 Å². The number of hydrogen-bond donors (Lipinski definition) is 2. The van der Waals surface area contributed by atoms with Crippen LogP contribution in [0.25, 0.3) is 11.1 Å². The summed E-state index contributed by atoms with van der Waals surface area (Å²) in [4.78, 5) is 15.2. The predicted octanol–water partition coefficient (Wildman–Crippen LogP) is 5.76. The Morgan fingerprint density at radius 3 is 2.56 bits per heavy atom. The molecule has 1 saturated heterocycles. The number of fused-ring (bicyclic) bond motifs is 3. The van der Waals surface area contributed by atoms with Crippen molar-refractivity contribution in [3.8, 4) is 16.9 Å². The van der Waals surface area contributed by atoms with E-state index in [1.165, 1.54) is 36.9 Å². The zero-order valence-electron chi connectivity index (χ0n) is 19.7. The summed E-state index contributed by atoms with van der Waals surface area (Å²) in [5.74, 6) is 0.987. The van der Waals surface area contributed by atoms with Crippen LogP contribution in [0.4, 0.5) is 0 Å². The van der Waals surface area contributed by atoms with Gasteiger partial charge in [-0.15, -0.1) is 0 Å². The standard InChI is InChI=1S/C30H34N2O2/c33-26-15-16-27-25(21-26)14-17-29-28(27)9-6-20-32(29)19-5-4-18-31-30(34)24-12-10-23(11-13-24)22-7-2-1-3-8-22/h1-3,7-8,10-13,15-16,21,28-29,33H,4-6,9,14,17-20H2,(H,31,34). The fourth-order valence-electron chi connectivity index (χ4n) is 5.81. The van der Waals surface area contributed by atoms with Crippen molar-refractivity contribution in [1.29, 1.82) is 0 Å². The maximum absolute atomic E-state index is 12.5. The van der Waals surface area contributed by atoms with Crippen molar-refractivity contribution in [2.24, 2.45) is 0 Å². The normalized spacial score (nSPS) is 19.8. The average Bonchev–Trinajstić information content (AvgIpc) is 2.88. The quantitative estimate of drug-likeness (QED) is 0.446. The van der Waals surface area contributed by atoms with Crippen molar-refractivity contribution in [3.05, 3.63) is 89.5 Å². The number of nitrogens with one attached hydrogen (secondary N) is 1. The number of rotatable bonds is 7. The third-order valence-corrected chi connectivity index (χ3v) is 7.54. The van der Waals surface area contributed by atoms with Gasteiger partial charge in [-0.1, -0.05) is 48.5 Å². The Morgan fingerprint density at radius 2 is 1.74 bits per heavy atom. The van der Waals surface area contributed by atoms with Crippen molar-refractivity contribution in [1.82, 2.24) is 10.2 Å². The molecule has 3 aromatic rings. The number of likely N-dealkylation sites (tertiary alicyclic amines) is 1. The number of nitrogens with zero attached hydrogens (tertiary/aromatic N) is 1. The van der Waals surface area contributed by atoms with E-state index >= 15 is 0 Å². The molecule has 2 aliphatic rings. The lowest BCUT2D eigenvalue weighted by Gasteiger charge is -2.45. The molecule has 0 bridgehead atoms. The highest BCUT2D eigenvalue weighted by molar-refractivity contribution is 5.94. The van der Waals surface area contributed by atoms with Gasteiger partial charge in [-0.3, -0.25) is 9.69 Å². The molecule has 2 atom stereocenters. The molecule has 4 heteroatoms. The van der Waals surface area contributed by atoms with Gasteiger partial charge in [-0.25, -0.2) is 0 Å². The van der Waals surface area contributed by atoms with Gasteiger partial charge in [0.2, 0.25) is 0 Å². The molecule has 4 nitrogen and oxygen atoms in total. The Morgan fingerprint density at radius 1 is 0.941 bits per heavy atom. The zero-order chi connectivity index (χ0) is 23.3. The largest absolute Gasteiger partial charge is 0.508 e. The smallest absolute Gasteiger partial charge is 0.251 e. The second-order valence-corrected chi connectivity index (χ2v) is 9.68. The number of benzene rings is 3. The molecule has 1 amide bonds. The summed E-state index contributed by atoms with van der Waals surface area (Å²) in [5.41, 5.74) is 5.78. The highest BCUT2D eigenvalue weighted by Crippen LogP contribution is 2.41. The van der Waals surface area contributed by atoms with Crippen molar-refractivity contribution in [3.63, 3.8) is 0 Å². The number of aryl methyl sites for hydroxylation is 1. The summed E-state index contributed by atoms with van der Waals surface area (Å²) >= 11 is 0. The van der Waals surface area contributed by atoms with Crippen LogP contribution in [0.3, 0.4) is 0 Å². The van der Waals surface area contributed by atoms with Crippen LogP contribution < -0.4 is 5.32 Å². The van der Waals surface area contributed by atoms with Crippen LogP contribution >= 0.6 is 0 Å². The first kappa shape index (κ1) is 22.7. The molecule has 1 aliphatic carbocycles. The molecule has 0 aromatic heterocycles. The first-order valence-electron chi connectivity index (χ1n) is 12.7. The van der Waals surface area contributed by atoms with E-state index in [1.807, 2.05) is 54.6 Å². The lowest BCUT2D eigenvalue weighted by atomic mass is 9.74. The Kier molecular flexibility index (Phi) is 6.96. The predicted molar refractivity (Wildman–Crippen MR) is 137 cm³/mol. The summed E-state index contributed by atoms with van der Waals surface area (Å²) < 4.78 is 0. The van der Waals surface area contributed by atoms with Crippen LogP contribution in [-0.4, -0.2) is 41.6 Å². The van der Waals surface area contributed by atoms with E-state index < -0.39 is 0 Å². The van der Waals surface area contributed by atoms with Crippen LogP contribution in [0, 0.1) is 0 Å². The van der Waals surface area contributed by atoms with Crippen molar-refractivity contribution >= 4 is 5.91 Å². The van der Waals surface area contributed by atoms with E-state index in [4.69, 9.17) is 0 Å². The number of unbranched alkanes of at least 4 members (excludes halogenated alkanes) is 1. The molecule has 2 N–H and O–H groups in total. The number of aromatic hydroxyl groups is 1. The Hall–Kier alpha value is -3.11. The summed E-state index contributed by atoms with van der Waals surface area (Å²) in [6.07, 6.45) is 6.80. The highest BCUT2D eigenvalue weighted by atomic mass is 16.3. The van der Waals surface area contributed by atoms with Gasteiger partial charge in [-0.2, -0.15) is 0 Å². The molecule has 0 saturated carbocycles. The molecule has 3 aromatic carbocycles. The highest BCUT2D eigenvalue weighted by Gasteiger charge is 2.35. The Balaban J connectivity index is 1.08. The SMILES string of the molecule is O=C(NCCCCN1CCCC2c3ccc(O)cc3CCC21)c1ccc(-c2ccccc2)cc1. The van der Waals surface area contributed by atoms with Crippen LogP contribution in [0.5, 0.6) is 5.75 Å². The summed E-state index contributed by atoms with van der Waals surface area (Å²) in [6, 6.07) is 24.6. The van der Waals surface area contributed by atoms with Crippen LogP contribution in [-0.2, 0) is 6.42 Å². The molecule has 5 rings (SSSR count).